The Morgan fingerprint density at radius 1 is 1.40 bits per heavy atom. The highest BCUT2D eigenvalue weighted by molar-refractivity contribution is 9.11. The summed E-state index contributed by atoms with van der Waals surface area (Å²) in [6.07, 6.45) is 2.13. The standard InChI is InChI=1S/C11H19BrOSSi/c1-11(2,15(3,4)13)8-7-9-5-6-10(12)14-9/h5-6,13H,7-8H2,1-4H3. The Labute approximate surface area is 106 Å². The Morgan fingerprint density at radius 3 is 2.40 bits per heavy atom. The molecule has 1 rings (SSSR count). The highest BCUT2D eigenvalue weighted by Gasteiger charge is 2.37. The highest BCUT2D eigenvalue weighted by Crippen LogP contribution is 2.40. The topological polar surface area (TPSA) is 20.2 Å². The summed E-state index contributed by atoms with van der Waals surface area (Å²) in [6, 6.07) is 4.26. The lowest BCUT2D eigenvalue weighted by atomic mass is 10.1. The first-order chi connectivity index (χ1) is 6.72. The lowest BCUT2D eigenvalue weighted by Gasteiger charge is -2.34. The zero-order valence-corrected chi connectivity index (χ0v) is 13.2. The molecule has 0 bridgehead atoms. The van der Waals surface area contributed by atoms with E-state index >= 15 is 0 Å². The largest absolute Gasteiger partial charge is 0.432 e. The molecule has 15 heavy (non-hydrogen) atoms. The van der Waals surface area contributed by atoms with Crippen LogP contribution in [0.25, 0.3) is 0 Å². The van der Waals surface area contributed by atoms with Crippen LogP contribution in [0.2, 0.25) is 18.1 Å². The van der Waals surface area contributed by atoms with E-state index in [2.05, 4.69) is 41.9 Å². The van der Waals surface area contributed by atoms with Gasteiger partial charge in [-0.1, -0.05) is 13.8 Å². The molecule has 86 valence electrons. The second kappa shape index (κ2) is 4.70. The molecule has 0 aliphatic heterocycles. The highest BCUT2D eigenvalue weighted by atomic mass is 79.9. The molecule has 0 saturated carbocycles. The van der Waals surface area contributed by atoms with E-state index in [1.165, 1.54) is 8.66 Å². The van der Waals surface area contributed by atoms with Crippen molar-refractivity contribution in [2.45, 2.75) is 44.8 Å². The molecule has 0 fully saturated rings. The summed E-state index contributed by atoms with van der Waals surface area (Å²) in [7, 11) is -2.04. The third kappa shape index (κ3) is 3.70. The Morgan fingerprint density at radius 2 is 2.00 bits per heavy atom. The van der Waals surface area contributed by atoms with Crippen molar-refractivity contribution >= 4 is 35.6 Å². The van der Waals surface area contributed by atoms with Crippen LogP contribution < -0.4 is 0 Å². The third-order valence-electron chi connectivity index (χ3n) is 3.28. The minimum atomic E-state index is -2.04. The zero-order chi connectivity index (χ0) is 11.7. The lowest BCUT2D eigenvalue weighted by Crippen LogP contribution is -2.39. The number of rotatable bonds is 4. The molecule has 0 aliphatic carbocycles. The van der Waals surface area contributed by atoms with E-state index in [4.69, 9.17) is 0 Å². The summed E-state index contributed by atoms with van der Waals surface area (Å²) in [5.41, 5.74) is 0. The van der Waals surface area contributed by atoms with E-state index in [0.717, 1.165) is 12.8 Å². The Balaban J connectivity index is 2.57. The summed E-state index contributed by atoms with van der Waals surface area (Å²) in [5, 5.41) is 0.0868. The molecular formula is C11H19BrOSSi. The van der Waals surface area contributed by atoms with Crippen LogP contribution in [0.3, 0.4) is 0 Å². The molecule has 0 spiro atoms. The van der Waals surface area contributed by atoms with Crippen LogP contribution in [0.15, 0.2) is 15.9 Å². The van der Waals surface area contributed by atoms with Crippen molar-refractivity contribution in [2.75, 3.05) is 0 Å². The predicted octanol–water partition coefficient (Wildman–Crippen LogP) is 4.42. The van der Waals surface area contributed by atoms with Gasteiger partial charge in [0.15, 0.2) is 8.32 Å². The van der Waals surface area contributed by atoms with Crippen LogP contribution in [-0.4, -0.2) is 13.1 Å². The van der Waals surface area contributed by atoms with E-state index in [0.29, 0.717) is 0 Å². The van der Waals surface area contributed by atoms with Gasteiger partial charge < -0.3 is 4.80 Å². The van der Waals surface area contributed by atoms with Gasteiger partial charge in [0.25, 0.3) is 0 Å². The zero-order valence-electron chi connectivity index (χ0n) is 9.80. The number of aryl methyl sites for hydroxylation is 1. The van der Waals surface area contributed by atoms with Crippen molar-refractivity contribution in [2.24, 2.45) is 0 Å². The Hall–Kier alpha value is 0.357. The minimum Gasteiger partial charge on any atom is -0.432 e. The fraction of sp³-hybridized carbons (Fsp3) is 0.636. The first-order valence-corrected chi connectivity index (χ1v) is 9.75. The van der Waals surface area contributed by atoms with Gasteiger partial charge in [-0.15, -0.1) is 11.3 Å². The van der Waals surface area contributed by atoms with Crippen LogP contribution >= 0.6 is 27.3 Å². The third-order valence-corrected chi connectivity index (χ3v) is 8.53. The molecule has 1 aromatic heterocycles. The minimum absolute atomic E-state index is 0.0868. The number of halogens is 1. The summed E-state index contributed by atoms with van der Waals surface area (Å²) < 4.78 is 1.19. The van der Waals surface area contributed by atoms with Gasteiger partial charge in [-0.2, -0.15) is 0 Å². The van der Waals surface area contributed by atoms with E-state index in [1.54, 1.807) is 11.3 Å². The van der Waals surface area contributed by atoms with Crippen LogP contribution in [-0.2, 0) is 6.42 Å². The summed E-state index contributed by atoms with van der Waals surface area (Å²) in [4.78, 5) is 11.6. The van der Waals surface area contributed by atoms with Crippen molar-refractivity contribution in [1.82, 2.24) is 0 Å². The van der Waals surface area contributed by atoms with Gasteiger partial charge in [0.2, 0.25) is 0 Å². The molecule has 1 N–H and O–H groups in total. The predicted molar refractivity (Wildman–Crippen MR) is 74.1 cm³/mol. The van der Waals surface area contributed by atoms with Gasteiger partial charge in [-0.3, -0.25) is 0 Å². The second-order valence-corrected chi connectivity index (χ2v) is 12.2. The SMILES string of the molecule is CC(C)(CCc1ccc(Br)s1)[Si](C)(C)O. The molecule has 0 aliphatic rings. The molecule has 1 heterocycles. The normalized spacial score (nSPS) is 13.2. The molecule has 0 aromatic carbocycles. The van der Waals surface area contributed by atoms with Crippen LogP contribution in [0.5, 0.6) is 0 Å². The fourth-order valence-corrected chi connectivity index (χ4v) is 3.45. The second-order valence-electron chi connectivity index (χ2n) is 5.15. The smallest absolute Gasteiger partial charge is 0.188 e. The van der Waals surface area contributed by atoms with Gasteiger partial charge in [0.1, 0.15) is 0 Å². The van der Waals surface area contributed by atoms with Crippen molar-refractivity contribution in [3.8, 4) is 0 Å². The summed E-state index contributed by atoms with van der Waals surface area (Å²) in [5.74, 6) is 0. The van der Waals surface area contributed by atoms with E-state index in [9.17, 15) is 4.80 Å². The van der Waals surface area contributed by atoms with E-state index < -0.39 is 8.32 Å². The van der Waals surface area contributed by atoms with Crippen molar-refractivity contribution in [3.05, 3.63) is 20.8 Å². The quantitative estimate of drug-likeness (QED) is 0.816. The average molecular weight is 307 g/mol. The summed E-state index contributed by atoms with van der Waals surface area (Å²) in [6.45, 7) is 8.42. The maximum Gasteiger partial charge on any atom is 0.188 e. The Bertz CT molecular complexity index is 328. The average Bonchev–Trinajstić information content (AvgIpc) is 2.46. The first-order valence-electron chi connectivity index (χ1n) is 5.19. The van der Waals surface area contributed by atoms with Crippen LogP contribution in [0.4, 0.5) is 0 Å². The van der Waals surface area contributed by atoms with Gasteiger partial charge in [0, 0.05) is 4.88 Å². The van der Waals surface area contributed by atoms with Crippen LogP contribution in [0, 0.1) is 0 Å². The molecule has 0 amide bonds. The van der Waals surface area contributed by atoms with Gasteiger partial charge in [-0.05, 0) is 59.0 Å². The van der Waals surface area contributed by atoms with Gasteiger partial charge in [-0.25, -0.2) is 0 Å². The molecule has 0 radical (unpaired) electrons. The van der Waals surface area contributed by atoms with Gasteiger partial charge >= 0.3 is 0 Å². The maximum absolute atomic E-state index is 10.2. The number of hydrogen-bond acceptors (Lipinski definition) is 2. The number of hydrogen-bond donors (Lipinski definition) is 1. The monoisotopic (exact) mass is 306 g/mol. The lowest BCUT2D eigenvalue weighted by molar-refractivity contribution is 0.452. The van der Waals surface area contributed by atoms with Gasteiger partial charge in [0.05, 0.1) is 3.79 Å². The Kier molecular flexibility index (Phi) is 4.20. The van der Waals surface area contributed by atoms with Crippen molar-refractivity contribution in [1.29, 1.82) is 0 Å². The maximum atomic E-state index is 10.2. The molecule has 1 aromatic rings. The first kappa shape index (κ1) is 13.4. The fourth-order valence-electron chi connectivity index (χ4n) is 1.23. The number of thiophene rings is 1. The molecule has 1 nitrogen and oxygen atoms in total. The van der Waals surface area contributed by atoms with E-state index in [-0.39, 0.29) is 5.04 Å². The van der Waals surface area contributed by atoms with Crippen molar-refractivity contribution < 1.29 is 4.80 Å². The van der Waals surface area contributed by atoms with E-state index in [1.807, 2.05) is 13.1 Å². The molecule has 0 saturated heterocycles. The summed E-state index contributed by atoms with van der Waals surface area (Å²) >= 11 is 5.26. The molecule has 0 unspecified atom stereocenters. The molecule has 4 heteroatoms. The molecule has 0 atom stereocenters. The molecular weight excluding hydrogens is 288 g/mol. The van der Waals surface area contributed by atoms with Crippen molar-refractivity contribution in [3.63, 3.8) is 0 Å². The van der Waals surface area contributed by atoms with Crippen LogP contribution in [0.1, 0.15) is 25.1 Å².